The Balaban J connectivity index is 2.22. The molecule has 0 unspecified atom stereocenters. The highest BCUT2D eigenvalue weighted by Crippen LogP contribution is 2.29. The molecule has 2 rings (SSSR count). The lowest BCUT2D eigenvalue weighted by molar-refractivity contribution is -0.118. The SMILES string of the molecule is NCC(=O)NC(=O)c1nccc(N2CCOCC2)c1O. The van der Waals surface area contributed by atoms with Crippen molar-refractivity contribution in [1.29, 1.82) is 0 Å². The molecule has 0 saturated carbocycles. The largest absolute Gasteiger partial charge is 0.504 e. The van der Waals surface area contributed by atoms with Gasteiger partial charge >= 0.3 is 0 Å². The molecule has 8 heteroatoms. The normalized spacial score (nSPS) is 14.9. The number of hydrogen-bond donors (Lipinski definition) is 3. The molecule has 0 aliphatic carbocycles. The van der Waals surface area contributed by atoms with E-state index in [1.54, 1.807) is 6.07 Å². The Morgan fingerprint density at radius 3 is 2.80 bits per heavy atom. The monoisotopic (exact) mass is 280 g/mol. The van der Waals surface area contributed by atoms with Crippen LogP contribution in [-0.2, 0) is 9.53 Å². The second-order valence-electron chi connectivity index (χ2n) is 4.21. The van der Waals surface area contributed by atoms with Crippen molar-refractivity contribution in [2.45, 2.75) is 0 Å². The van der Waals surface area contributed by atoms with Gasteiger partial charge in [0, 0.05) is 19.3 Å². The van der Waals surface area contributed by atoms with Crippen LogP contribution in [0.3, 0.4) is 0 Å². The van der Waals surface area contributed by atoms with E-state index in [1.165, 1.54) is 6.20 Å². The number of nitrogens with zero attached hydrogens (tertiary/aromatic N) is 2. The van der Waals surface area contributed by atoms with Gasteiger partial charge in [0.05, 0.1) is 25.4 Å². The minimum absolute atomic E-state index is 0.198. The number of ether oxygens (including phenoxy) is 1. The lowest BCUT2D eigenvalue weighted by Gasteiger charge is -2.29. The number of rotatable bonds is 3. The van der Waals surface area contributed by atoms with Crippen LogP contribution in [0.4, 0.5) is 5.69 Å². The molecule has 0 bridgehead atoms. The number of hydrogen-bond acceptors (Lipinski definition) is 7. The Bertz CT molecular complexity index is 514. The summed E-state index contributed by atoms with van der Waals surface area (Å²) >= 11 is 0. The van der Waals surface area contributed by atoms with E-state index in [4.69, 9.17) is 10.5 Å². The first-order valence-electron chi connectivity index (χ1n) is 6.18. The van der Waals surface area contributed by atoms with Gasteiger partial charge in [-0.15, -0.1) is 0 Å². The minimum Gasteiger partial charge on any atom is -0.504 e. The number of imide groups is 1. The number of anilines is 1. The number of aromatic nitrogens is 1. The van der Waals surface area contributed by atoms with E-state index in [0.29, 0.717) is 32.0 Å². The quantitative estimate of drug-likeness (QED) is 0.639. The summed E-state index contributed by atoms with van der Waals surface area (Å²) < 4.78 is 5.23. The van der Waals surface area contributed by atoms with Crippen LogP contribution < -0.4 is 16.0 Å². The summed E-state index contributed by atoms with van der Waals surface area (Å²) in [7, 11) is 0. The molecule has 0 radical (unpaired) electrons. The lowest BCUT2D eigenvalue weighted by atomic mass is 10.2. The van der Waals surface area contributed by atoms with Gasteiger partial charge in [-0.1, -0.05) is 0 Å². The Labute approximate surface area is 115 Å². The van der Waals surface area contributed by atoms with Crippen LogP contribution in [0.15, 0.2) is 12.3 Å². The van der Waals surface area contributed by atoms with Crippen LogP contribution in [0.5, 0.6) is 5.75 Å². The number of amides is 2. The molecule has 0 spiro atoms. The Hall–Kier alpha value is -2.19. The molecule has 1 aliphatic heterocycles. The summed E-state index contributed by atoms with van der Waals surface area (Å²) in [5, 5.41) is 12.2. The molecule has 1 fully saturated rings. The molecule has 1 aromatic rings. The first kappa shape index (κ1) is 14.2. The molecule has 2 amide bonds. The Kier molecular flexibility index (Phi) is 4.49. The molecule has 0 aromatic carbocycles. The third kappa shape index (κ3) is 3.03. The van der Waals surface area contributed by atoms with Crippen molar-refractivity contribution in [3.63, 3.8) is 0 Å². The highest BCUT2D eigenvalue weighted by atomic mass is 16.5. The molecular formula is C12H16N4O4. The summed E-state index contributed by atoms with van der Waals surface area (Å²) in [6, 6.07) is 1.61. The van der Waals surface area contributed by atoms with Crippen molar-refractivity contribution in [3.8, 4) is 5.75 Å². The first-order valence-corrected chi connectivity index (χ1v) is 6.18. The van der Waals surface area contributed by atoms with Crippen LogP contribution >= 0.6 is 0 Å². The summed E-state index contributed by atoms with van der Waals surface area (Å²) in [5.41, 5.74) is 5.41. The molecule has 1 saturated heterocycles. The van der Waals surface area contributed by atoms with E-state index in [0.717, 1.165) is 0 Å². The smallest absolute Gasteiger partial charge is 0.280 e. The van der Waals surface area contributed by atoms with E-state index in [2.05, 4.69) is 4.98 Å². The lowest BCUT2D eigenvalue weighted by Crippen LogP contribution is -2.37. The van der Waals surface area contributed by atoms with E-state index < -0.39 is 11.8 Å². The van der Waals surface area contributed by atoms with E-state index in [-0.39, 0.29) is 18.0 Å². The van der Waals surface area contributed by atoms with Crippen molar-refractivity contribution in [2.24, 2.45) is 5.73 Å². The highest BCUT2D eigenvalue weighted by Gasteiger charge is 2.21. The highest BCUT2D eigenvalue weighted by molar-refractivity contribution is 6.06. The second-order valence-corrected chi connectivity index (χ2v) is 4.21. The summed E-state index contributed by atoms with van der Waals surface area (Å²) in [4.78, 5) is 28.6. The Morgan fingerprint density at radius 2 is 2.15 bits per heavy atom. The molecule has 108 valence electrons. The second kappa shape index (κ2) is 6.31. The molecule has 1 aliphatic rings. The number of carbonyl (C=O) groups is 2. The number of carbonyl (C=O) groups excluding carboxylic acids is 2. The van der Waals surface area contributed by atoms with Gasteiger partial charge in [0.15, 0.2) is 11.4 Å². The van der Waals surface area contributed by atoms with Gasteiger partial charge in [0.1, 0.15) is 0 Å². The van der Waals surface area contributed by atoms with Crippen LogP contribution in [-0.4, -0.2) is 54.8 Å². The van der Waals surface area contributed by atoms with Crippen LogP contribution in [0.25, 0.3) is 0 Å². The molecule has 1 aromatic heterocycles. The number of aromatic hydroxyl groups is 1. The Morgan fingerprint density at radius 1 is 1.45 bits per heavy atom. The maximum Gasteiger partial charge on any atom is 0.280 e. The third-order valence-corrected chi connectivity index (χ3v) is 2.91. The predicted octanol–water partition coefficient (Wildman–Crippen LogP) is -1.16. The summed E-state index contributed by atoms with van der Waals surface area (Å²) in [6.45, 7) is 2.01. The fraction of sp³-hybridized carbons (Fsp3) is 0.417. The van der Waals surface area contributed by atoms with Gasteiger partial charge in [-0.25, -0.2) is 4.98 Å². The number of nitrogens with one attached hydrogen (secondary N) is 1. The van der Waals surface area contributed by atoms with Crippen molar-refractivity contribution in [2.75, 3.05) is 37.7 Å². The van der Waals surface area contributed by atoms with Crippen molar-refractivity contribution in [3.05, 3.63) is 18.0 Å². The van der Waals surface area contributed by atoms with Crippen LogP contribution in [0.2, 0.25) is 0 Å². The number of nitrogens with two attached hydrogens (primary N) is 1. The van der Waals surface area contributed by atoms with E-state index in [1.807, 2.05) is 10.2 Å². The minimum atomic E-state index is -0.770. The fourth-order valence-electron chi connectivity index (χ4n) is 1.91. The third-order valence-electron chi connectivity index (χ3n) is 2.91. The standard InChI is InChI=1S/C12H16N4O4/c13-7-9(17)15-12(19)10-11(18)8(1-2-14-10)16-3-5-20-6-4-16/h1-2,18H,3-7,13H2,(H,15,17,19). The van der Waals surface area contributed by atoms with Gasteiger partial charge in [-0.3, -0.25) is 14.9 Å². The average Bonchev–Trinajstić information content (AvgIpc) is 2.48. The van der Waals surface area contributed by atoms with Crippen LogP contribution in [0.1, 0.15) is 10.5 Å². The van der Waals surface area contributed by atoms with Gasteiger partial charge in [-0.2, -0.15) is 0 Å². The maximum absolute atomic E-state index is 11.8. The summed E-state index contributed by atoms with van der Waals surface area (Å²) in [6.07, 6.45) is 1.41. The average molecular weight is 280 g/mol. The fourth-order valence-corrected chi connectivity index (χ4v) is 1.91. The van der Waals surface area contributed by atoms with Crippen molar-refractivity contribution < 1.29 is 19.4 Å². The van der Waals surface area contributed by atoms with Crippen molar-refractivity contribution in [1.82, 2.24) is 10.3 Å². The van der Waals surface area contributed by atoms with Gasteiger partial charge in [0.25, 0.3) is 5.91 Å². The molecule has 2 heterocycles. The van der Waals surface area contributed by atoms with Crippen LogP contribution in [0, 0.1) is 0 Å². The molecule has 0 atom stereocenters. The first-order chi connectivity index (χ1) is 9.63. The molecular weight excluding hydrogens is 264 g/mol. The number of pyridine rings is 1. The van der Waals surface area contributed by atoms with Gasteiger partial charge < -0.3 is 20.5 Å². The zero-order valence-corrected chi connectivity index (χ0v) is 10.8. The topological polar surface area (TPSA) is 118 Å². The van der Waals surface area contributed by atoms with Crippen molar-refractivity contribution >= 4 is 17.5 Å². The molecule has 8 nitrogen and oxygen atoms in total. The van der Waals surface area contributed by atoms with E-state index >= 15 is 0 Å². The van der Waals surface area contributed by atoms with E-state index in [9.17, 15) is 14.7 Å². The van der Waals surface area contributed by atoms with Gasteiger partial charge in [-0.05, 0) is 6.07 Å². The molecule has 20 heavy (non-hydrogen) atoms. The zero-order valence-electron chi connectivity index (χ0n) is 10.8. The maximum atomic E-state index is 11.8. The summed E-state index contributed by atoms with van der Waals surface area (Å²) in [5.74, 6) is -1.65. The molecule has 4 N–H and O–H groups in total. The zero-order chi connectivity index (χ0) is 14.5. The predicted molar refractivity (Wildman–Crippen MR) is 70.5 cm³/mol. The number of morpholine rings is 1. The van der Waals surface area contributed by atoms with Gasteiger partial charge in [0.2, 0.25) is 5.91 Å².